The van der Waals surface area contributed by atoms with Gasteiger partial charge in [0.05, 0.1) is 17.3 Å². The average Bonchev–Trinajstić information content (AvgIpc) is 2.67. The number of rotatable bonds is 1. The second-order valence-corrected chi connectivity index (χ2v) is 4.45. The zero-order valence-corrected chi connectivity index (χ0v) is 9.02. The SMILES string of the molecule is NC(=O)C1CCCN2c3ccccc3NC12. The molecule has 4 nitrogen and oxygen atoms in total. The quantitative estimate of drug-likeness (QED) is 0.741. The number of amides is 1. The zero-order chi connectivity index (χ0) is 11.1. The van der Waals surface area contributed by atoms with Crippen LogP contribution in [0, 0.1) is 5.92 Å². The number of fused-ring (bicyclic) bond motifs is 3. The van der Waals surface area contributed by atoms with Crippen molar-refractivity contribution in [1.29, 1.82) is 0 Å². The van der Waals surface area contributed by atoms with Gasteiger partial charge in [-0.3, -0.25) is 4.79 Å². The normalized spacial score (nSPS) is 26.9. The highest BCUT2D eigenvalue weighted by Crippen LogP contribution is 2.39. The predicted molar refractivity (Wildman–Crippen MR) is 63.1 cm³/mol. The van der Waals surface area contributed by atoms with Crippen LogP contribution in [0.5, 0.6) is 0 Å². The van der Waals surface area contributed by atoms with Gasteiger partial charge in [-0.05, 0) is 25.0 Å². The molecule has 2 unspecified atom stereocenters. The Bertz CT molecular complexity index is 432. The number of nitrogens with zero attached hydrogens (tertiary/aromatic N) is 1. The fraction of sp³-hybridized carbons (Fsp3) is 0.417. The van der Waals surface area contributed by atoms with E-state index < -0.39 is 0 Å². The molecule has 1 aromatic carbocycles. The number of anilines is 2. The number of carbonyl (C=O) groups excluding carboxylic acids is 1. The summed E-state index contributed by atoms with van der Waals surface area (Å²) in [5.74, 6) is -0.281. The third-order valence-corrected chi connectivity index (χ3v) is 3.51. The average molecular weight is 217 g/mol. The summed E-state index contributed by atoms with van der Waals surface area (Å²) in [6.07, 6.45) is 1.97. The van der Waals surface area contributed by atoms with Crippen LogP contribution in [-0.2, 0) is 4.79 Å². The highest BCUT2D eigenvalue weighted by atomic mass is 16.1. The summed E-state index contributed by atoms with van der Waals surface area (Å²) in [6, 6.07) is 8.16. The van der Waals surface area contributed by atoms with Gasteiger partial charge in [0.1, 0.15) is 6.17 Å². The van der Waals surface area contributed by atoms with Gasteiger partial charge in [-0.2, -0.15) is 0 Å². The van der Waals surface area contributed by atoms with Crippen molar-refractivity contribution in [1.82, 2.24) is 0 Å². The van der Waals surface area contributed by atoms with E-state index in [9.17, 15) is 4.79 Å². The molecule has 2 aliphatic heterocycles. The molecule has 0 aromatic heterocycles. The third-order valence-electron chi connectivity index (χ3n) is 3.51. The molecule has 3 N–H and O–H groups in total. The Hall–Kier alpha value is -1.71. The van der Waals surface area contributed by atoms with Gasteiger partial charge in [0.15, 0.2) is 0 Å². The van der Waals surface area contributed by atoms with Crippen LogP contribution in [0.2, 0.25) is 0 Å². The summed E-state index contributed by atoms with van der Waals surface area (Å²) in [4.78, 5) is 13.7. The molecule has 0 saturated carbocycles. The smallest absolute Gasteiger partial charge is 0.224 e. The standard InChI is InChI=1S/C12H15N3O/c13-11(16)8-4-3-7-15-10-6-2-1-5-9(10)14-12(8)15/h1-2,5-6,8,12,14H,3-4,7H2,(H2,13,16). The lowest BCUT2D eigenvalue weighted by atomic mass is 9.94. The van der Waals surface area contributed by atoms with Crippen LogP contribution >= 0.6 is 0 Å². The number of hydrogen-bond donors (Lipinski definition) is 2. The van der Waals surface area contributed by atoms with Crippen LogP contribution in [0.3, 0.4) is 0 Å². The van der Waals surface area contributed by atoms with Crippen molar-refractivity contribution in [2.75, 3.05) is 16.8 Å². The maximum atomic E-state index is 11.4. The van der Waals surface area contributed by atoms with Gasteiger partial charge < -0.3 is 16.0 Å². The van der Waals surface area contributed by atoms with E-state index in [4.69, 9.17) is 5.73 Å². The molecular weight excluding hydrogens is 202 g/mol. The molecule has 0 spiro atoms. The first-order valence-corrected chi connectivity index (χ1v) is 5.69. The Balaban J connectivity index is 1.96. The van der Waals surface area contributed by atoms with E-state index in [1.54, 1.807) is 0 Å². The van der Waals surface area contributed by atoms with Crippen molar-refractivity contribution in [2.45, 2.75) is 19.0 Å². The Morgan fingerprint density at radius 2 is 2.25 bits per heavy atom. The lowest BCUT2D eigenvalue weighted by Gasteiger charge is -2.36. The van der Waals surface area contributed by atoms with Crippen LogP contribution < -0.4 is 16.0 Å². The molecule has 16 heavy (non-hydrogen) atoms. The minimum atomic E-state index is -0.199. The molecule has 84 valence electrons. The van der Waals surface area contributed by atoms with E-state index in [1.807, 2.05) is 18.2 Å². The Kier molecular flexibility index (Phi) is 2.02. The lowest BCUT2D eigenvalue weighted by Crippen LogP contribution is -2.50. The number of nitrogens with one attached hydrogen (secondary N) is 1. The molecule has 2 aliphatic rings. The largest absolute Gasteiger partial charge is 0.369 e. The van der Waals surface area contributed by atoms with Gasteiger partial charge in [0, 0.05) is 6.54 Å². The topological polar surface area (TPSA) is 58.4 Å². The van der Waals surface area contributed by atoms with Gasteiger partial charge in [0.2, 0.25) is 5.91 Å². The van der Waals surface area contributed by atoms with Gasteiger partial charge in [-0.25, -0.2) is 0 Å². The fourth-order valence-corrected chi connectivity index (χ4v) is 2.75. The second-order valence-electron chi connectivity index (χ2n) is 4.45. The maximum Gasteiger partial charge on any atom is 0.224 e. The minimum Gasteiger partial charge on any atom is -0.369 e. The second kappa shape index (κ2) is 3.40. The third kappa shape index (κ3) is 1.26. The van der Waals surface area contributed by atoms with Crippen molar-refractivity contribution in [3.63, 3.8) is 0 Å². The number of primary amides is 1. The molecule has 0 bridgehead atoms. The Morgan fingerprint density at radius 3 is 3.06 bits per heavy atom. The van der Waals surface area contributed by atoms with E-state index in [0.717, 1.165) is 25.1 Å². The lowest BCUT2D eigenvalue weighted by molar-refractivity contribution is -0.122. The number of para-hydroxylation sites is 2. The van der Waals surface area contributed by atoms with Gasteiger partial charge in [-0.15, -0.1) is 0 Å². The van der Waals surface area contributed by atoms with E-state index in [-0.39, 0.29) is 18.0 Å². The number of carbonyl (C=O) groups is 1. The summed E-state index contributed by atoms with van der Waals surface area (Å²) in [5, 5.41) is 3.39. The molecule has 2 atom stereocenters. The summed E-state index contributed by atoms with van der Waals surface area (Å²) in [5.41, 5.74) is 7.76. The molecule has 3 rings (SSSR count). The van der Waals surface area contributed by atoms with Gasteiger partial charge >= 0.3 is 0 Å². The van der Waals surface area contributed by atoms with Gasteiger partial charge in [-0.1, -0.05) is 12.1 Å². The Morgan fingerprint density at radius 1 is 1.44 bits per heavy atom. The number of benzene rings is 1. The fourth-order valence-electron chi connectivity index (χ4n) is 2.75. The van der Waals surface area contributed by atoms with E-state index >= 15 is 0 Å². The van der Waals surface area contributed by atoms with Crippen LogP contribution in [0.1, 0.15) is 12.8 Å². The Labute approximate surface area is 94.4 Å². The molecule has 1 aromatic rings. The molecule has 1 amide bonds. The summed E-state index contributed by atoms with van der Waals surface area (Å²) < 4.78 is 0. The van der Waals surface area contributed by atoms with Crippen molar-refractivity contribution in [2.24, 2.45) is 11.7 Å². The van der Waals surface area contributed by atoms with Crippen molar-refractivity contribution in [3.05, 3.63) is 24.3 Å². The van der Waals surface area contributed by atoms with Crippen LogP contribution in [0.15, 0.2) is 24.3 Å². The van der Waals surface area contributed by atoms with Crippen molar-refractivity contribution >= 4 is 17.3 Å². The van der Waals surface area contributed by atoms with Gasteiger partial charge in [0.25, 0.3) is 0 Å². The highest BCUT2D eigenvalue weighted by molar-refractivity contribution is 5.83. The summed E-state index contributed by atoms with van der Waals surface area (Å²) >= 11 is 0. The van der Waals surface area contributed by atoms with Crippen molar-refractivity contribution < 1.29 is 4.79 Å². The van der Waals surface area contributed by atoms with Crippen LogP contribution in [0.4, 0.5) is 11.4 Å². The van der Waals surface area contributed by atoms with E-state index in [2.05, 4.69) is 16.3 Å². The van der Waals surface area contributed by atoms with Crippen LogP contribution in [-0.4, -0.2) is 18.6 Å². The number of piperidine rings is 1. The summed E-state index contributed by atoms with van der Waals surface area (Å²) in [6.45, 7) is 0.998. The zero-order valence-electron chi connectivity index (χ0n) is 9.02. The van der Waals surface area contributed by atoms with Crippen LogP contribution in [0.25, 0.3) is 0 Å². The molecule has 4 heteroatoms. The maximum absolute atomic E-state index is 11.4. The van der Waals surface area contributed by atoms with E-state index in [0.29, 0.717) is 0 Å². The first kappa shape index (κ1) is 9.51. The molecule has 2 heterocycles. The summed E-state index contributed by atoms with van der Waals surface area (Å²) in [7, 11) is 0. The number of hydrogen-bond acceptors (Lipinski definition) is 3. The molecule has 0 radical (unpaired) electrons. The minimum absolute atomic E-state index is 0.0589. The molecule has 0 aliphatic carbocycles. The predicted octanol–water partition coefficient (Wildman–Crippen LogP) is 1.14. The van der Waals surface area contributed by atoms with E-state index in [1.165, 1.54) is 5.69 Å². The molecular formula is C12H15N3O. The molecule has 1 saturated heterocycles. The first-order valence-electron chi connectivity index (χ1n) is 5.69. The first-order chi connectivity index (χ1) is 7.77. The molecule has 1 fully saturated rings. The highest BCUT2D eigenvalue weighted by Gasteiger charge is 2.39. The number of nitrogens with two attached hydrogens (primary N) is 1. The monoisotopic (exact) mass is 217 g/mol. The van der Waals surface area contributed by atoms with Crippen molar-refractivity contribution in [3.8, 4) is 0 Å².